The predicted octanol–water partition coefficient (Wildman–Crippen LogP) is 3.40. The number of nitrogens with two attached hydrogens (primary N) is 1. The summed E-state index contributed by atoms with van der Waals surface area (Å²) in [5.41, 5.74) is 10.0. The highest BCUT2D eigenvalue weighted by molar-refractivity contribution is 5.86. The molecule has 5 rings (SSSR count). The van der Waals surface area contributed by atoms with Crippen molar-refractivity contribution in [2.45, 2.75) is 45.6 Å². The zero-order chi connectivity index (χ0) is 19.3. The summed E-state index contributed by atoms with van der Waals surface area (Å²) in [7, 11) is 0. The van der Waals surface area contributed by atoms with Crippen molar-refractivity contribution in [2.24, 2.45) is 5.41 Å². The van der Waals surface area contributed by atoms with Gasteiger partial charge in [0.05, 0.1) is 5.69 Å². The van der Waals surface area contributed by atoms with Gasteiger partial charge in [0.25, 0.3) is 0 Å². The van der Waals surface area contributed by atoms with E-state index in [9.17, 15) is 0 Å². The van der Waals surface area contributed by atoms with E-state index < -0.39 is 0 Å². The van der Waals surface area contributed by atoms with Crippen molar-refractivity contribution in [1.29, 1.82) is 0 Å². The Bertz CT molecular complexity index is 1150. The van der Waals surface area contributed by atoms with Crippen molar-refractivity contribution in [2.75, 3.05) is 11.1 Å². The minimum absolute atomic E-state index is 0.394. The monoisotopic (exact) mass is 376 g/mol. The van der Waals surface area contributed by atoms with E-state index in [2.05, 4.69) is 39.3 Å². The SMILES string of the molecule is CC1(C)CCC(Nc2nc(N)c3c(-c4ccc5nccn5n4)ccn3n2)CC1. The maximum Gasteiger partial charge on any atom is 0.243 e. The Morgan fingerprint density at radius 3 is 2.71 bits per heavy atom. The topological polar surface area (TPSA) is 98.4 Å². The average Bonchev–Trinajstić information content (AvgIpc) is 3.29. The van der Waals surface area contributed by atoms with Gasteiger partial charge in [-0.05, 0) is 49.3 Å². The summed E-state index contributed by atoms with van der Waals surface area (Å²) in [5, 5.41) is 12.7. The Morgan fingerprint density at radius 1 is 1.07 bits per heavy atom. The van der Waals surface area contributed by atoms with E-state index in [0.717, 1.165) is 35.3 Å². The summed E-state index contributed by atoms with van der Waals surface area (Å²) < 4.78 is 3.53. The highest BCUT2D eigenvalue weighted by Gasteiger charge is 2.27. The van der Waals surface area contributed by atoms with Gasteiger partial charge in [-0.1, -0.05) is 13.8 Å². The van der Waals surface area contributed by atoms with E-state index in [0.29, 0.717) is 23.2 Å². The van der Waals surface area contributed by atoms with Gasteiger partial charge in [0.1, 0.15) is 5.52 Å². The number of nitrogen functional groups attached to an aromatic ring is 1. The summed E-state index contributed by atoms with van der Waals surface area (Å²) in [6.07, 6.45) is 10.1. The number of fused-ring (bicyclic) bond motifs is 2. The lowest BCUT2D eigenvalue weighted by molar-refractivity contribution is 0.232. The molecule has 28 heavy (non-hydrogen) atoms. The summed E-state index contributed by atoms with van der Waals surface area (Å²) >= 11 is 0. The maximum atomic E-state index is 6.32. The lowest BCUT2D eigenvalue weighted by Gasteiger charge is -2.34. The Balaban J connectivity index is 1.46. The van der Waals surface area contributed by atoms with E-state index in [1.165, 1.54) is 12.8 Å². The summed E-state index contributed by atoms with van der Waals surface area (Å²) in [4.78, 5) is 8.76. The number of hydrogen-bond acceptors (Lipinski definition) is 6. The molecule has 0 atom stereocenters. The van der Waals surface area contributed by atoms with Crippen molar-refractivity contribution >= 4 is 22.9 Å². The molecule has 144 valence electrons. The molecule has 0 radical (unpaired) electrons. The highest BCUT2D eigenvalue weighted by Crippen LogP contribution is 2.36. The molecule has 1 aliphatic rings. The molecule has 0 aromatic carbocycles. The summed E-state index contributed by atoms with van der Waals surface area (Å²) in [5.74, 6) is 1.02. The average molecular weight is 376 g/mol. The van der Waals surface area contributed by atoms with Crippen LogP contribution in [-0.4, -0.2) is 35.2 Å². The van der Waals surface area contributed by atoms with Gasteiger partial charge >= 0.3 is 0 Å². The van der Waals surface area contributed by atoms with Gasteiger partial charge < -0.3 is 11.1 Å². The lowest BCUT2D eigenvalue weighted by Crippen LogP contribution is -2.30. The third kappa shape index (κ3) is 2.94. The first-order chi connectivity index (χ1) is 13.5. The molecule has 0 amide bonds. The fourth-order valence-electron chi connectivity index (χ4n) is 4.01. The molecule has 4 aromatic rings. The number of hydrogen-bond donors (Lipinski definition) is 2. The fraction of sp³-hybridized carbons (Fsp3) is 0.400. The van der Waals surface area contributed by atoms with Crippen LogP contribution < -0.4 is 11.1 Å². The van der Waals surface area contributed by atoms with Crippen LogP contribution in [0.2, 0.25) is 0 Å². The van der Waals surface area contributed by atoms with E-state index in [4.69, 9.17) is 5.73 Å². The Labute approximate surface area is 162 Å². The molecule has 4 heterocycles. The third-order valence-corrected chi connectivity index (χ3v) is 5.74. The van der Waals surface area contributed by atoms with E-state index in [1.54, 1.807) is 15.2 Å². The molecule has 0 bridgehead atoms. The number of aromatic nitrogens is 6. The Hall–Kier alpha value is -3.16. The van der Waals surface area contributed by atoms with Gasteiger partial charge in [0, 0.05) is 30.2 Å². The fourth-order valence-corrected chi connectivity index (χ4v) is 4.01. The van der Waals surface area contributed by atoms with Crippen LogP contribution in [0.15, 0.2) is 36.8 Å². The number of rotatable bonds is 3. The van der Waals surface area contributed by atoms with Crippen molar-refractivity contribution in [1.82, 2.24) is 29.2 Å². The second kappa shape index (κ2) is 6.19. The number of anilines is 2. The van der Waals surface area contributed by atoms with Crippen LogP contribution in [0.25, 0.3) is 22.4 Å². The third-order valence-electron chi connectivity index (χ3n) is 5.74. The molecule has 1 saturated carbocycles. The summed E-state index contributed by atoms with van der Waals surface area (Å²) in [6, 6.07) is 6.24. The molecular weight excluding hydrogens is 352 g/mol. The van der Waals surface area contributed by atoms with Gasteiger partial charge in [-0.3, -0.25) is 0 Å². The van der Waals surface area contributed by atoms with E-state index in [1.807, 2.05) is 30.6 Å². The normalized spacial score (nSPS) is 17.4. The first kappa shape index (κ1) is 17.0. The van der Waals surface area contributed by atoms with Crippen molar-refractivity contribution < 1.29 is 0 Å². The van der Waals surface area contributed by atoms with Crippen LogP contribution in [0, 0.1) is 5.41 Å². The van der Waals surface area contributed by atoms with Gasteiger partial charge in [-0.15, -0.1) is 5.10 Å². The molecule has 3 N–H and O–H groups in total. The second-order valence-electron chi connectivity index (χ2n) is 8.37. The van der Waals surface area contributed by atoms with Gasteiger partial charge in [-0.25, -0.2) is 14.0 Å². The Morgan fingerprint density at radius 2 is 1.89 bits per heavy atom. The van der Waals surface area contributed by atoms with Crippen LogP contribution >= 0.6 is 0 Å². The van der Waals surface area contributed by atoms with Gasteiger partial charge in [0.15, 0.2) is 11.5 Å². The quantitative estimate of drug-likeness (QED) is 0.569. The molecule has 1 fully saturated rings. The smallest absolute Gasteiger partial charge is 0.243 e. The molecule has 1 aliphatic carbocycles. The van der Waals surface area contributed by atoms with Crippen LogP contribution in [-0.2, 0) is 0 Å². The molecule has 0 aliphatic heterocycles. The predicted molar refractivity (Wildman–Crippen MR) is 109 cm³/mol. The molecule has 0 saturated heterocycles. The minimum atomic E-state index is 0.394. The van der Waals surface area contributed by atoms with E-state index in [-0.39, 0.29) is 0 Å². The van der Waals surface area contributed by atoms with Crippen molar-refractivity contribution in [3.05, 3.63) is 36.8 Å². The molecule has 8 heteroatoms. The molecular formula is C20H24N8. The van der Waals surface area contributed by atoms with Crippen molar-refractivity contribution in [3.63, 3.8) is 0 Å². The Kier molecular flexibility index (Phi) is 3.75. The maximum absolute atomic E-state index is 6.32. The molecule has 4 aromatic heterocycles. The summed E-state index contributed by atoms with van der Waals surface area (Å²) in [6.45, 7) is 4.67. The van der Waals surface area contributed by atoms with Crippen molar-refractivity contribution in [3.8, 4) is 11.3 Å². The first-order valence-corrected chi connectivity index (χ1v) is 9.71. The molecule has 0 unspecified atom stereocenters. The lowest BCUT2D eigenvalue weighted by atomic mass is 9.76. The highest BCUT2D eigenvalue weighted by atomic mass is 15.3. The standard InChI is InChI=1S/C20H24N8/c1-20(2)8-5-13(6-9-20)23-19-24-18(21)17-14(7-11-28(17)26-19)15-3-4-16-22-10-12-27(16)25-15/h3-4,7,10-13H,5-6,8-9H2,1-2H3,(H3,21,23,24,26). The number of nitrogens with one attached hydrogen (secondary N) is 1. The minimum Gasteiger partial charge on any atom is -0.382 e. The number of nitrogens with zero attached hydrogens (tertiary/aromatic N) is 6. The number of imidazole rings is 1. The van der Waals surface area contributed by atoms with Crippen LogP contribution in [0.1, 0.15) is 39.5 Å². The van der Waals surface area contributed by atoms with Gasteiger partial charge in [0.2, 0.25) is 5.95 Å². The molecule has 0 spiro atoms. The first-order valence-electron chi connectivity index (χ1n) is 9.71. The van der Waals surface area contributed by atoms with E-state index >= 15 is 0 Å². The van der Waals surface area contributed by atoms with Crippen LogP contribution in [0.5, 0.6) is 0 Å². The van der Waals surface area contributed by atoms with Gasteiger partial charge in [-0.2, -0.15) is 10.1 Å². The van der Waals surface area contributed by atoms with Crippen LogP contribution in [0.4, 0.5) is 11.8 Å². The second-order valence-corrected chi connectivity index (χ2v) is 8.37. The zero-order valence-corrected chi connectivity index (χ0v) is 16.1. The zero-order valence-electron chi connectivity index (χ0n) is 16.1. The van der Waals surface area contributed by atoms with Crippen LogP contribution in [0.3, 0.4) is 0 Å². The molecule has 8 nitrogen and oxygen atoms in total. The largest absolute Gasteiger partial charge is 0.382 e.